The third-order valence-electron chi connectivity index (χ3n) is 4.69. The van der Waals surface area contributed by atoms with Gasteiger partial charge in [0.15, 0.2) is 0 Å². The molecule has 0 saturated heterocycles. The molecule has 2 heterocycles. The van der Waals surface area contributed by atoms with Crippen LogP contribution in [0, 0.1) is 5.82 Å². The molecule has 0 spiro atoms. The molecule has 2 aromatic heterocycles. The van der Waals surface area contributed by atoms with Gasteiger partial charge in [0, 0.05) is 11.1 Å². The van der Waals surface area contributed by atoms with E-state index in [9.17, 15) is 4.39 Å². The average Bonchev–Trinajstić information content (AvgIpc) is 3.50. The number of rotatable bonds is 7. The second-order valence-electron chi connectivity index (χ2n) is 6.99. The van der Waals surface area contributed by atoms with E-state index in [1.54, 1.807) is 12.1 Å². The van der Waals surface area contributed by atoms with Crippen LogP contribution in [0.2, 0.25) is 0 Å². The Morgan fingerprint density at radius 1 is 0.781 bits per heavy atom. The molecule has 0 aliphatic heterocycles. The lowest BCUT2D eigenvalue weighted by Gasteiger charge is -2.06. The topological polar surface area (TPSA) is 87.1 Å². The second-order valence-corrected chi connectivity index (χ2v) is 6.99. The maximum Gasteiger partial charge on any atom is 0.247 e. The fourth-order valence-corrected chi connectivity index (χ4v) is 3.05. The SMILES string of the molecule is Fc1ccc(-c2nnc(Cc3nc(-c4ccc(OCc5ccccc5)cc4)no3)o2)cc1. The molecule has 8 heteroatoms. The summed E-state index contributed by atoms with van der Waals surface area (Å²) in [7, 11) is 0. The first-order chi connectivity index (χ1) is 15.7. The van der Waals surface area contributed by atoms with Crippen molar-refractivity contribution >= 4 is 0 Å². The average molecular weight is 428 g/mol. The van der Waals surface area contributed by atoms with Gasteiger partial charge in [0.1, 0.15) is 24.6 Å². The lowest BCUT2D eigenvalue weighted by Crippen LogP contribution is -1.94. The molecular formula is C24H17FN4O3. The van der Waals surface area contributed by atoms with E-state index in [0.717, 1.165) is 16.9 Å². The van der Waals surface area contributed by atoms with Gasteiger partial charge in [-0.05, 0) is 54.1 Å². The van der Waals surface area contributed by atoms with Crippen molar-refractivity contribution in [1.82, 2.24) is 20.3 Å². The van der Waals surface area contributed by atoms with Gasteiger partial charge < -0.3 is 13.7 Å². The van der Waals surface area contributed by atoms with Crippen molar-refractivity contribution in [3.8, 4) is 28.6 Å². The van der Waals surface area contributed by atoms with E-state index in [-0.39, 0.29) is 12.2 Å². The number of aromatic nitrogens is 4. The molecular weight excluding hydrogens is 411 g/mol. The standard InChI is InChI=1S/C24H17FN4O3/c25-19-10-6-18(7-11-19)24-28-27-22(31-24)14-21-26-23(29-32-21)17-8-12-20(13-9-17)30-15-16-4-2-1-3-5-16/h1-13H,14-15H2. The predicted molar refractivity (Wildman–Crippen MR) is 113 cm³/mol. The highest BCUT2D eigenvalue weighted by atomic mass is 19.1. The van der Waals surface area contributed by atoms with Crippen LogP contribution in [0.4, 0.5) is 4.39 Å². The van der Waals surface area contributed by atoms with Crippen molar-refractivity contribution in [2.45, 2.75) is 13.0 Å². The Balaban J connectivity index is 1.22. The lowest BCUT2D eigenvalue weighted by atomic mass is 10.2. The molecule has 0 unspecified atom stereocenters. The normalized spacial score (nSPS) is 10.9. The molecule has 0 aliphatic carbocycles. The predicted octanol–water partition coefficient (Wildman–Crippen LogP) is 5.10. The maximum atomic E-state index is 13.1. The van der Waals surface area contributed by atoms with Gasteiger partial charge in [0.05, 0.1) is 0 Å². The summed E-state index contributed by atoms with van der Waals surface area (Å²) in [6.07, 6.45) is 0.194. The lowest BCUT2D eigenvalue weighted by molar-refractivity contribution is 0.306. The van der Waals surface area contributed by atoms with Crippen molar-refractivity contribution in [2.75, 3.05) is 0 Å². The Bertz CT molecular complexity index is 1300. The minimum Gasteiger partial charge on any atom is -0.489 e. The first kappa shape index (κ1) is 19.6. The monoisotopic (exact) mass is 428 g/mol. The minimum absolute atomic E-state index is 0.194. The Kier molecular flexibility index (Phi) is 5.40. The number of hydrogen-bond acceptors (Lipinski definition) is 7. The van der Waals surface area contributed by atoms with Crippen LogP contribution in [0.25, 0.3) is 22.8 Å². The van der Waals surface area contributed by atoms with Crippen LogP contribution >= 0.6 is 0 Å². The third-order valence-corrected chi connectivity index (χ3v) is 4.69. The Labute approximate surface area is 182 Å². The molecule has 7 nitrogen and oxygen atoms in total. The molecule has 0 N–H and O–H groups in total. The first-order valence-corrected chi connectivity index (χ1v) is 9.91. The first-order valence-electron chi connectivity index (χ1n) is 9.91. The van der Waals surface area contributed by atoms with Crippen LogP contribution in [0.3, 0.4) is 0 Å². The molecule has 5 rings (SSSR count). The van der Waals surface area contributed by atoms with Crippen LogP contribution in [-0.2, 0) is 13.0 Å². The Hall–Kier alpha value is -4.33. The molecule has 158 valence electrons. The highest BCUT2D eigenvalue weighted by Crippen LogP contribution is 2.22. The summed E-state index contributed by atoms with van der Waals surface area (Å²) < 4.78 is 29.8. The fourth-order valence-electron chi connectivity index (χ4n) is 3.05. The largest absolute Gasteiger partial charge is 0.489 e. The second kappa shape index (κ2) is 8.81. The molecule has 0 aliphatic rings. The molecule has 3 aromatic carbocycles. The van der Waals surface area contributed by atoms with Gasteiger partial charge in [-0.2, -0.15) is 4.98 Å². The van der Waals surface area contributed by atoms with Crippen LogP contribution in [0.15, 0.2) is 87.8 Å². The highest BCUT2D eigenvalue weighted by molar-refractivity contribution is 5.55. The smallest absolute Gasteiger partial charge is 0.247 e. The number of halogens is 1. The van der Waals surface area contributed by atoms with Crippen molar-refractivity contribution in [3.63, 3.8) is 0 Å². The van der Waals surface area contributed by atoms with Crippen LogP contribution < -0.4 is 4.74 Å². The van der Waals surface area contributed by atoms with Gasteiger partial charge in [0.2, 0.25) is 23.5 Å². The van der Waals surface area contributed by atoms with Gasteiger partial charge in [-0.1, -0.05) is 35.5 Å². The molecule has 0 amide bonds. The fraction of sp³-hybridized carbons (Fsp3) is 0.0833. The van der Waals surface area contributed by atoms with Gasteiger partial charge in [0.25, 0.3) is 0 Å². The van der Waals surface area contributed by atoms with Crippen molar-refractivity contribution in [2.24, 2.45) is 0 Å². The Morgan fingerprint density at radius 2 is 1.53 bits per heavy atom. The maximum absolute atomic E-state index is 13.1. The summed E-state index contributed by atoms with van der Waals surface area (Å²) in [4.78, 5) is 4.40. The number of nitrogens with zero attached hydrogens (tertiary/aromatic N) is 4. The van der Waals surface area contributed by atoms with E-state index >= 15 is 0 Å². The summed E-state index contributed by atoms with van der Waals surface area (Å²) in [5.41, 5.74) is 2.53. The zero-order chi connectivity index (χ0) is 21.8. The summed E-state index contributed by atoms with van der Waals surface area (Å²) in [5.74, 6) is 1.84. The van der Waals surface area contributed by atoms with Crippen LogP contribution in [-0.4, -0.2) is 20.3 Å². The van der Waals surface area contributed by atoms with E-state index in [1.165, 1.54) is 12.1 Å². The van der Waals surface area contributed by atoms with Crippen molar-refractivity contribution < 1.29 is 18.1 Å². The molecule has 0 atom stereocenters. The molecule has 32 heavy (non-hydrogen) atoms. The molecule has 5 aromatic rings. The highest BCUT2D eigenvalue weighted by Gasteiger charge is 2.14. The summed E-state index contributed by atoms with van der Waals surface area (Å²) >= 11 is 0. The van der Waals surface area contributed by atoms with Gasteiger partial charge >= 0.3 is 0 Å². The summed E-state index contributed by atoms with van der Waals surface area (Å²) in [6, 6.07) is 23.2. The van der Waals surface area contributed by atoms with E-state index < -0.39 is 0 Å². The molecule has 0 radical (unpaired) electrons. The van der Waals surface area contributed by atoms with Gasteiger partial charge in [-0.15, -0.1) is 10.2 Å². The quantitative estimate of drug-likeness (QED) is 0.357. The van der Waals surface area contributed by atoms with Gasteiger partial charge in [-0.25, -0.2) is 4.39 Å². The van der Waals surface area contributed by atoms with Gasteiger partial charge in [-0.3, -0.25) is 0 Å². The zero-order valence-corrected chi connectivity index (χ0v) is 16.8. The van der Waals surface area contributed by atoms with E-state index in [0.29, 0.717) is 35.7 Å². The Morgan fingerprint density at radius 3 is 2.31 bits per heavy atom. The zero-order valence-electron chi connectivity index (χ0n) is 16.8. The minimum atomic E-state index is -0.331. The van der Waals surface area contributed by atoms with E-state index in [4.69, 9.17) is 13.7 Å². The number of benzene rings is 3. The number of ether oxygens (including phenoxy) is 1. The molecule has 0 bridgehead atoms. The number of hydrogen-bond donors (Lipinski definition) is 0. The molecule has 0 fully saturated rings. The summed E-state index contributed by atoms with van der Waals surface area (Å²) in [6.45, 7) is 0.497. The van der Waals surface area contributed by atoms with Crippen molar-refractivity contribution in [1.29, 1.82) is 0 Å². The van der Waals surface area contributed by atoms with Crippen LogP contribution in [0.1, 0.15) is 17.3 Å². The summed E-state index contributed by atoms with van der Waals surface area (Å²) in [5, 5.41) is 12.0. The van der Waals surface area contributed by atoms with Crippen LogP contribution in [0.5, 0.6) is 5.75 Å². The molecule has 0 saturated carbocycles. The van der Waals surface area contributed by atoms with E-state index in [2.05, 4.69) is 20.3 Å². The third kappa shape index (κ3) is 4.54. The van der Waals surface area contributed by atoms with Crippen molar-refractivity contribution in [3.05, 3.63) is 102 Å². The van der Waals surface area contributed by atoms with E-state index in [1.807, 2.05) is 54.6 Å².